The van der Waals surface area contributed by atoms with Gasteiger partial charge in [-0.3, -0.25) is 4.99 Å². The molecule has 0 radical (unpaired) electrons. The zero-order valence-corrected chi connectivity index (χ0v) is 9.02. The van der Waals surface area contributed by atoms with Crippen molar-refractivity contribution in [2.45, 2.75) is 64.7 Å². The minimum absolute atomic E-state index is 1.10. The molecule has 1 aliphatic rings. The second-order valence-corrected chi connectivity index (χ2v) is 4.07. The van der Waals surface area contributed by atoms with Gasteiger partial charge in [-0.15, -0.1) is 0 Å². The van der Waals surface area contributed by atoms with E-state index in [9.17, 15) is 0 Å². The summed E-state index contributed by atoms with van der Waals surface area (Å²) in [5.41, 5.74) is 1.50. The molecule has 0 saturated carbocycles. The van der Waals surface area contributed by atoms with Crippen molar-refractivity contribution in [3.8, 4) is 0 Å². The van der Waals surface area contributed by atoms with Gasteiger partial charge in [-0.05, 0) is 25.7 Å². The monoisotopic (exact) mass is 181 g/mol. The molecule has 0 bridgehead atoms. The topological polar surface area (TPSA) is 12.4 Å². The van der Waals surface area contributed by atoms with Crippen molar-refractivity contribution in [1.82, 2.24) is 0 Å². The van der Waals surface area contributed by atoms with Gasteiger partial charge in [0.1, 0.15) is 0 Å². The fourth-order valence-corrected chi connectivity index (χ4v) is 1.91. The Kier molecular flexibility index (Phi) is 5.88. The van der Waals surface area contributed by atoms with Crippen LogP contribution in [0.15, 0.2) is 4.99 Å². The van der Waals surface area contributed by atoms with Crippen LogP contribution in [0.2, 0.25) is 0 Å². The molecule has 0 spiro atoms. The molecule has 1 aliphatic heterocycles. The second kappa shape index (κ2) is 7.11. The van der Waals surface area contributed by atoms with Crippen LogP contribution in [0.4, 0.5) is 0 Å². The van der Waals surface area contributed by atoms with E-state index in [-0.39, 0.29) is 0 Å². The number of aliphatic imine (C=N–C) groups is 1. The third kappa shape index (κ3) is 5.07. The van der Waals surface area contributed by atoms with Crippen molar-refractivity contribution >= 4 is 5.71 Å². The van der Waals surface area contributed by atoms with E-state index in [0.717, 1.165) is 6.54 Å². The van der Waals surface area contributed by atoms with Crippen molar-refractivity contribution < 1.29 is 0 Å². The Morgan fingerprint density at radius 3 is 2.54 bits per heavy atom. The molecule has 0 amide bonds. The lowest BCUT2D eigenvalue weighted by Crippen LogP contribution is -1.92. The molecule has 0 aromatic heterocycles. The highest BCUT2D eigenvalue weighted by Crippen LogP contribution is 2.12. The number of hydrogen-bond donors (Lipinski definition) is 0. The minimum Gasteiger partial charge on any atom is -0.294 e. The van der Waals surface area contributed by atoms with E-state index >= 15 is 0 Å². The molecule has 1 heterocycles. The summed E-state index contributed by atoms with van der Waals surface area (Å²) < 4.78 is 0. The van der Waals surface area contributed by atoms with Gasteiger partial charge < -0.3 is 0 Å². The summed E-state index contributed by atoms with van der Waals surface area (Å²) in [6, 6.07) is 0. The lowest BCUT2D eigenvalue weighted by atomic mass is 10.1. The summed E-state index contributed by atoms with van der Waals surface area (Å²) in [4.78, 5) is 4.49. The largest absolute Gasteiger partial charge is 0.294 e. The maximum absolute atomic E-state index is 4.49. The fraction of sp³-hybridized carbons (Fsp3) is 0.917. The van der Waals surface area contributed by atoms with Gasteiger partial charge in [0.05, 0.1) is 0 Å². The Bertz CT molecular complexity index is 149. The van der Waals surface area contributed by atoms with Crippen LogP contribution in [0.1, 0.15) is 64.7 Å². The summed E-state index contributed by atoms with van der Waals surface area (Å²) in [7, 11) is 0. The van der Waals surface area contributed by atoms with Gasteiger partial charge in [0, 0.05) is 12.3 Å². The molecule has 0 aromatic rings. The van der Waals surface area contributed by atoms with E-state index in [4.69, 9.17) is 0 Å². The second-order valence-electron chi connectivity index (χ2n) is 4.07. The highest BCUT2D eigenvalue weighted by molar-refractivity contribution is 5.85. The van der Waals surface area contributed by atoms with E-state index in [1.54, 1.807) is 0 Å². The molecule has 0 unspecified atom stereocenters. The first kappa shape index (κ1) is 10.7. The summed E-state index contributed by atoms with van der Waals surface area (Å²) in [5.74, 6) is 0. The summed E-state index contributed by atoms with van der Waals surface area (Å²) >= 11 is 0. The molecular formula is C12H23N. The maximum Gasteiger partial charge on any atom is 0.0392 e. The van der Waals surface area contributed by atoms with Crippen molar-refractivity contribution in [2.75, 3.05) is 6.54 Å². The fourth-order valence-electron chi connectivity index (χ4n) is 1.91. The average Bonchev–Trinajstić information content (AvgIpc) is 2.63. The molecule has 13 heavy (non-hydrogen) atoms. The predicted octanol–water partition coefficient (Wildman–Crippen LogP) is 3.97. The van der Waals surface area contributed by atoms with Gasteiger partial charge in [0.25, 0.3) is 0 Å². The maximum atomic E-state index is 4.49. The molecular weight excluding hydrogens is 158 g/mol. The van der Waals surface area contributed by atoms with Crippen LogP contribution in [-0.2, 0) is 0 Å². The quantitative estimate of drug-likeness (QED) is 0.527. The smallest absolute Gasteiger partial charge is 0.0392 e. The zero-order chi connectivity index (χ0) is 9.36. The number of rotatable bonds is 7. The number of nitrogens with zero attached hydrogens (tertiary/aromatic N) is 1. The Balaban J connectivity index is 1.83. The zero-order valence-electron chi connectivity index (χ0n) is 9.02. The van der Waals surface area contributed by atoms with Crippen molar-refractivity contribution in [3.05, 3.63) is 0 Å². The Hall–Kier alpha value is -0.330. The lowest BCUT2D eigenvalue weighted by molar-refractivity contribution is 0.615. The molecule has 76 valence electrons. The van der Waals surface area contributed by atoms with E-state index in [1.807, 2.05) is 0 Å². The molecule has 0 aliphatic carbocycles. The molecule has 0 aromatic carbocycles. The van der Waals surface area contributed by atoms with Gasteiger partial charge in [0.15, 0.2) is 0 Å². The summed E-state index contributed by atoms with van der Waals surface area (Å²) in [6.07, 6.45) is 12.3. The van der Waals surface area contributed by atoms with Crippen molar-refractivity contribution in [1.29, 1.82) is 0 Å². The Labute approximate surface area is 82.6 Å². The molecule has 0 N–H and O–H groups in total. The first-order valence-electron chi connectivity index (χ1n) is 5.95. The molecule has 0 atom stereocenters. The van der Waals surface area contributed by atoms with Gasteiger partial charge in [-0.2, -0.15) is 0 Å². The summed E-state index contributed by atoms with van der Waals surface area (Å²) in [5, 5.41) is 0. The molecule has 0 fully saturated rings. The first-order valence-corrected chi connectivity index (χ1v) is 5.95. The SMILES string of the molecule is CCCCCCCCC1=NCCC1. The number of hydrogen-bond acceptors (Lipinski definition) is 1. The van der Waals surface area contributed by atoms with Crippen LogP contribution in [-0.4, -0.2) is 12.3 Å². The average molecular weight is 181 g/mol. The first-order chi connectivity index (χ1) is 6.43. The molecule has 1 heteroatoms. The van der Waals surface area contributed by atoms with Gasteiger partial charge in [-0.1, -0.05) is 39.0 Å². The van der Waals surface area contributed by atoms with Gasteiger partial charge >= 0.3 is 0 Å². The van der Waals surface area contributed by atoms with Gasteiger partial charge in [0.2, 0.25) is 0 Å². The third-order valence-electron chi connectivity index (χ3n) is 2.78. The lowest BCUT2D eigenvalue weighted by Gasteiger charge is -2.00. The molecule has 1 rings (SSSR count). The normalized spacial score (nSPS) is 16.2. The minimum atomic E-state index is 1.10. The molecule has 0 saturated heterocycles. The van der Waals surface area contributed by atoms with E-state index < -0.39 is 0 Å². The van der Waals surface area contributed by atoms with Crippen LogP contribution in [0.5, 0.6) is 0 Å². The van der Waals surface area contributed by atoms with Crippen LogP contribution < -0.4 is 0 Å². The van der Waals surface area contributed by atoms with Gasteiger partial charge in [-0.25, -0.2) is 0 Å². The molecule has 1 nitrogen and oxygen atoms in total. The van der Waals surface area contributed by atoms with Crippen LogP contribution >= 0.6 is 0 Å². The number of unbranched alkanes of at least 4 members (excludes halogenated alkanes) is 5. The highest BCUT2D eigenvalue weighted by Gasteiger charge is 2.04. The Morgan fingerprint density at radius 2 is 1.85 bits per heavy atom. The summed E-state index contributed by atoms with van der Waals surface area (Å²) in [6.45, 7) is 3.37. The van der Waals surface area contributed by atoms with Crippen LogP contribution in [0.25, 0.3) is 0 Å². The van der Waals surface area contributed by atoms with E-state index in [1.165, 1.54) is 63.5 Å². The third-order valence-corrected chi connectivity index (χ3v) is 2.78. The predicted molar refractivity (Wildman–Crippen MR) is 59.5 cm³/mol. The standard InChI is InChI=1S/C12H23N/c1-2-3-4-5-6-7-9-12-10-8-11-13-12/h2-11H2,1H3. The van der Waals surface area contributed by atoms with Crippen molar-refractivity contribution in [2.24, 2.45) is 4.99 Å². The van der Waals surface area contributed by atoms with Crippen molar-refractivity contribution in [3.63, 3.8) is 0 Å². The van der Waals surface area contributed by atoms with E-state index in [0.29, 0.717) is 0 Å². The van der Waals surface area contributed by atoms with Crippen LogP contribution in [0.3, 0.4) is 0 Å². The Morgan fingerprint density at radius 1 is 1.08 bits per heavy atom. The van der Waals surface area contributed by atoms with E-state index in [2.05, 4.69) is 11.9 Å². The highest BCUT2D eigenvalue weighted by atomic mass is 14.8. The van der Waals surface area contributed by atoms with Crippen LogP contribution in [0, 0.1) is 0 Å².